The first-order valence-corrected chi connectivity index (χ1v) is 5.84. The third-order valence-corrected chi connectivity index (χ3v) is 2.99. The summed E-state index contributed by atoms with van der Waals surface area (Å²) in [6.45, 7) is 2.63. The van der Waals surface area contributed by atoms with Gasteiger partial charge >= 0.3 is 5.97 Å². The van der Waals surface area contributed by atoms with Crippen LogP contribution in [-0.4, -0.2) is 40.5 Å². The van der Waals surface area contributed by atoms with Crippen LogP contribution < -0.4 is 5.73 Å². The summed E-state index contributed by atoms with van der Waals surface area (Å²) in [4.78, 5) is 24.2. The fourth-order valence-electron chi connectivity index (χ4n) is 2.19. The van der Waals surface area contributed by atoms with Crippen LogP contribution in [0.5, 0.6) is 0 Å². The van der Waals surface area contributed by atoms with E-state index in [9.17, 15) is 9.59 Å². The van der Waals surface area contributed by atoms with Crippen molar-refractivity contribution in [3.8, 4) is 0 Å². The van der Waals surface area contributed by atoms with Crippen LogP contribution in [0.3, 0.4) is 0 Å². The lowest BCUT2D eigenvalue weighted by Gasteiger charge is -2.26. The normalized spacial score (nSPS) is 22.1. The molecule has 0 spiro atoms. The molecule has 0 radical (unpaired) electrons. The minimum Gasteiger partial charge on any atom is -0.481 e. The maximum Gasteiger partial charge on any atom is 0.305 e. The van der Waals surface area contributed by atoms with Gasteiger partial charge in [-0.15, -0.1) is 0 Å². The van der Waals surface area contributed by atoms with Crippen molar-refractivity contribution in [3.05, 3.63) is 0 Å². The Bertz CT molecular complexity index is 268. The van der Waals surface area contributed by atoms with E-state index in [0.717, 1.165) is 19.3 Å². The van der Waals surface area contributed by atoms with Crippen LogP contribution in [0.1, 0.15) is 39.0 Å². The molecule has 1 saturated heterocycles. The van der Waals surface area contributed by atoms with Gasteiger partial charge in [0.05, 0.1) is 12.5 Å². The zero-order valence-electron chi connectivity index (χ0n) is 9.69. The van der Waals surface area contributed by atoms with Crippen molar-refractivity contribution in [2.45, 2.75) is 51.1 Å². The first kappa shape index (κ1) is 13.0. The second kappa shape index (κ2) is 5.84. The number of likely N-dealkylation sites (tertiary alicyclic amines) is 1. The van der Waals surface area contributed by atoms with E-state index in [0.29, 0.717) is 13.0 Å². The number of carboxylic acid groups (broad SMARTS) is 1. The van der Waals surface area contributed by atoms with Gasteiger partial charge in [-0.05, 0) is 19.3 Å². The Hall–Kier alpha value is -1.10. The van der Waals surface area contributed by atoms with Gasteiger partial charge in [0.2, 0.25) is 5.91 Å². The number of hydrogen-bond donors (Lipinski definition) is 2. The largest absolute Gasteiger partial charge is 0.481 e. The van der Waals surface area contributed by atoms with Crippen molar-refractivity contribution >= 4 is 11.9 Å². The molecule has 1 unspecified atom stereocenters. The molecular formula is C11H20N2O3. The molecule has 92 valence electrons. The number of carbonyl (C=O) groups is 2. The average Bonchev–Trinajstić information content (AvgIpc) is 2.64. The van der Waals surface area contributed by atoms with Gasteiger partial charge in [-0.25, -0.2) is 0 Å². The molecule has 5 nitrogen and oxygen atoms in total. The standard InChI is InChI=1S/C11H20N2O3/c1-2-4-9(12)11(16)13-6-3-5-8(13)7-10(14)15/h8-9H,2-7,12H2,1H3,(H,14,15)/t8?,9-/m1/s1. The number of amides is 1. The van der Waals surface area contributed by atoms with Crippen LogP contribution in [-0.2, 0) is 9.59 Å². The second-order valence-electron chi connectivity index (χ2n) is 4.32. The minimum atomic E-state index is -0.853. The maximum atomic E-state index is 11.9. The Kier molecular flexibility index (Phi) is 4.73. The topological polar surface area (TPSA) is 83.6 Å². The average molecular weight is 228 g/mol. The van der Waals surface area contributed by atoms with Gasteiger partial charge in [-0.1, -0.05) is 13.3 Å². The summed E-state index contributed by atoms with van der Waals surface area (Å²) < 4.78 is 0. The van der Waals surface area contributed by atoms with E-state index in [2.05, 4.69) is 0 Å². The van der Waals surface area contributed by atoms with Crippen LogP contribution in [0.25, 0.3) is 0 Å². The lowest BCUT2D eigenvalue weighted by atomic mass is 10.1. The van der Waals surface area contributed by atoms with Gasteiger partial charge < -0.3 is 15.7 Å². The molecule has 1 aliphatic heterocycles. The Morgan fingerprint density at radius 3 is 2.81 bits per heavy atom. The minimum absolute atomic E-state index is 0.0323. The van der Waals surface area contributed by atoms with E-state index in [1.807, 2.05) is 6.92 Å². The third-order valence-electron chi connectivity index (χ3n) is 2.99. The van der Waals surface area contributed by atoms with Crippen molar-refractivity contribution in [2.24, 2.45) is 5.73 Å². The van der Waals surface area contributed by atoms with E-state index < -0.39 is 12.0 Å². The second-order valence-corrected chi connectivity index (χ2v) is 4.32. The monoisotopic (exact) mass is 228 g/mol. The van der Waals surface area contributed by atoms with Crippen LogP contribution in [0, 0.1) is 0 Å². The lowest BCUT2D eigenvalue weighted by Crippen LogP contribution is -2.46. The molecule has 0 aliphatic carbocycles. The maximum absolute atomic E-state index is 11.9. The Balaban J connectivity index is 2.56. The molecule has 0 aromatic carbocycles. The molecule has 1 aliphatic rings. The molecule has 0 saturated carbocycles. The highest BCUT2D eigenvalue weighted by Crippen LogP contribution is 2.21. The Morgan fingerprint density at radius 1 is 1.56 bits per heavy atom. The molecule has 1 fully saturated rings. The molecule has 0 aromatic heterocycles. The van der Waals surface area contributed by atoms with Crippen LogP contribution in [0.15, 0.2) is 0 Å². The number of carbonyl (C=O) groups excluding carboxylic acids is 1. The molecule has 0 bridgehead atoms. The molecule has 5 heteroatoms. The highest BCUT2D eigenvalue weighted by atomic mass is 16.4. The quantitative estimate of drug-likeness (QED) is 0.721. The van der Waals surface area contributed by atoms with E-state index >= 15 is 0 Å². The van der Waals surface area contributed by atoms with Crippen molar-refractivity contribution in [1.29, 1.82) is 0 Å². The third kappa shape index (κ3) is 3.20. The van der Waals surface area contributed by atoms with Gasteiger partial charge in [0.25, 0.3) is 0 Å². The van der Waals surface area contributed by atoms with E-state index in [4.69, 9.17) is 10.8 Å². The summed E-state index contributed by atoms with van der Waals surface area (Å²) in [5.74, 6) is -0.945. The predicted molar refractivity (Wildman–Crippen MR) is 59.9 cm³/mol. The molecule has 1 heterocycles. The predicted octanol–water partition coefficient (Wildman–Crippen LogP) is 0.579. The molecule has 1 amide bonds. The number of nitrogens with two attached hydrogens (primary N) is 1. The van der Waals surface area contributed by atoms with Crippen molar-refractivity contribution in [1.82, 2.24) is 4.90 Å². The highest BCUT2D eigenvalue weighted by molar-refractivity contribution is 5.82. The fraction of sp³-hybridized carbons (Fsp3) is 0.818. The number of hydrogen-bond acceptors (Lipinski definition) is 3. The van der Waals surface area contributed by atoms with Gasteiger partial charge in [0.15, 0.2) is 0 Å². The van der Waals surface area contributed by atoms with Gasteiger partial charge in [0.1, 0.15) is 0 Å². The number of nitrogens with zero attached hydrogens (tertiary/aromatic N) is 1. The fourth-order valence-corrected chi connectivity index (χ4v) is 2.19. The SMILES string of the molecule is CCC[C@@H](N)C(=O)N1CCCC1CC(=O)O. The summed E-state index contributed by atoms with van der Waals surface area (Å²) >= 11 is 0. The molecule has 2 atom stereocenters. The Morgan fingerprint density at radius 2 is 2.25 bits per heavy atom. The lowest BCUT2D eigenvalue weighted by molar-refractivity contribution is -0.140. The first-order valence-electron chi connectivity index (χ1n) is 5.84. The van der Waals surface area contributed by atoms with Crippen molar-refractivity contribution in [2.75, 3.05) is 6.54 Å². The van der Waals surface area contributed by atoms with E-state index in [1.165, 1.54) is 0 Å². The van der Waals surface area contributed by atoms with E-state index in [1.54, 1.807) is 4.90 Å². The smallest absolute Gasteiger partial charge is 0.305 e. The zero-order chi connectivity index (χ0) is 12.1. The van der Waals surface area contributed by atoms with Crippen molar-refractivity contribution < 1.29 is 14.7 Å². The number of carboxylic acids is 1. The molecule has 16 heavy (non-hydrogen) atoms. The summed E-state index contributed by atoms with van der Waals surface area (Å²) in [7, 11) is 0. The highest BCUT2D eigenvalue weighted by Gasteiger charge is 2.32. The summed E-state index contributed by atoms with van der Waals surface area (Å²) in [6.07, 6.45) is 3.21. The van der Waals surface area contributed by atoms with E-state index in [-0.39, 0.29) is 18.4 Å². The molecule has 0 aromatic rings. The zero-order valence-corrected chi connectivity index (χ0v) is 9.69. The van der Waals surface area contributed by atoms with Crippen molar-refractivity contribution in [3.63, 3.8) is 0 Å². The summed E-state index contributed by atoms with van der Waals surface area (Å²) in [5.41, 5.74) is 5.76. The van der Waals surface area contributed by atoms with Crippen LogP contribution >= 0.6 is 0 Å². The molecule has 3 N–H and O–H groups in total. The van der Waals surface area contributed by atoms with Gasteiger partial charge in [-0.3, -0.25) is 9.59 Å². The molecule has 1 rings (SSSR count). The van der Waals surface area contributed by atoms with Gasteiger partial charge in [0, 0.05) is 12.6 Å². The van der Waals surface area contributed by atoms with Crippen LogP contribution in [0.4, 0.5) is 0 Å². The van der Waals surface area contributed by atoms with Crippen LogP contribution in [0.2, 0.25) is 0 Å². The van der Waals surface area contributed by atoms with Gasteiger partial charge in [-0.2, -0.15) is 0 Å². The number of rotatable bonds is 5. The Labute approximate surface area is 95.6 Å². The summed E-state index contributed by atoms with van der Waals surface area (Å²) in [6, 6.07) is -0.632. The summed E-state index contributed by atoms with van der Waals surface area (Å²) in [5, 5.41) is 8.75. The number of aliphatic carboxylic acids is 1. The first-order chi connectivity index (χ1) is 7.56. The molecular weight excluding hydrogens is 208 g/mol.